The molecule has 1 heterocycles. The van der Waals surface area contributed by atoms with Gasteiger partial charge in [-0.3, -0.25) is 0 Å². The normalized spacial score (nSPS) is 30.8. The molecule has 0 aliphatic carbocycles. The number of sulfone groups is 1. The zero-order chi connectivity index (χ0) is 12.2. The summed E-state index contributed by atoms with van der Waals surface area (Å²) in [4.78, 5) is 0. The van der Waals surface area contributed by atoms with Gasteiger partial charge in [-0.1, -0.05) is 6.92 Å². The van der Waals surface area contributed by atoms with Crippen molar-refractivity contribution in [1.29, 1.82) is 0 Å². The summed E-state index contributed by atoms with van der Waals surface area (Å²) in [5.74, 6) is 0.522. The van der Waals surface area contributed by atoms with E-state index in [2.05, 4.69) is 0 Å². The van der Waals surface area contributed by atoms with E-state index in [9.17, 15) is 8.42 Å². The summed E-state index contributed by atoms with van der Waals surface area (Å²) >= 11 is 0. The molecule has 1 aliphatic heterocycles. The lowest BCUT2D eigenvalue weighted by Gasteiger charge is -2.30. The van der Waals surface area contributed by atoms with Crippen molar-refractivity contribution < 1.29 is 13.2 Å². The standard InChI is InChI=1S/C11H23NO3S/c1-3-7-16(13,14)8-5-11(9-12)4-6-15-10(11)2/h10H,3-9,12H2,1-2H3. The fraction of sp³-hybridized carbons (Fsp3) is 1.00. The zero-order valence-corrected chi connectivity index (χ0v) is 11.1. The molecule has 0 radical (unpaired) electrons. The van der Waals surface area contributed by atoms with Crippen LogP contribution in [0.2, 0.25) is 0 Å². The van der Waals surface area contributed by atoms with Crippen molar-refractivity contribution in [3.05, 3.63) is 0 Å². The first kappa shape index (κ1) is 13.9. The Balaban J connectivity index is 2.59. The first-order chi connectivity index (χ1) is 7.46. The van der Waals surface area contributed by atoms with Gasteiger partial charge in [0.05, 0.1) is 11.9 Å². The molecule has 1 rings (SSSR count). The Labute approximate surface area is 98.5 Å². The first-order valence-electron chi connectivity index (χ1n) is 5.98. The highest BCUT2D eigenvalue weighted by Crippen LogP contribution is 2.37. The fourth-order valence-corrected chi connectivity index (χ4v) is 3.83. The molecule has 0 saturated carbocycles. The molecule has 16 heavy (non-hydrogen) atoms. The van der Waals surface area contributed by atoms with Crippen LogP contribution in [-0.2, 0) is 14.6 Å². The van der Waals surface area contributed by atoms with Crippen LogP contribution in [0.25, 0.3) is 0 Å². The van der Waals surface area contributed by atoms with E-state index in [1.54, 1.807) is 0 Å². The van der Waals surface area contributed by atoms with E-state index in [0.29, 0.717) is 26.0 Å². The minimum absolute atomic E-state index is 0.0781. The summed E-state index contributed by atoms with van der Waals surface area (Å²) in [6.45, 7) is 5.09. The van der Waals surface area contributed by atoms with Crippen LogP contribution in [0.4, 0.5) is 0 Å². The molecule has 96 valence electrons. The molecule has 0 aromatic rings. The Hall–Kier alpha value is -0.130. The minimum Gasteiger partial charge on any atom is -0.378 e. The van der Waals surface area contributed by atoms with Gasteiger partial charge in [0, 0.05) is 24.3 Å². The van der Waals surface area contributed by atoms with Gasteiger partial charge in [0.25, 0.3) is 0 Å². The lowest BCUT2D eigenvalue weighted by Crippen LogP contribution is -2.38. The van der Waals surface area contributed by atoms with Crippen molar-refractivity contribution in [2.45, 2.75) is 39.2 Å². The number of nitrogens with two attached hydrogens (primary N) is 1. The smallest absolute Gasteiger partial charge is 0.150 e. The first-order valence-corrected chi connectivity index (χ1v) is 7.80. The third-order valence-corrected chi connectivity index (χ3v) is 5.52. The highest BCUT2D eigenvalue weighted by Gasteiger charge is 2.40. The second kappa shape index (κ2) is 5.47. The average molecular weight is 249 g/mol. The zero-order valence-electron chi connectivity index (χ0n) is 10.2. The number of ether oxygens (including phenoxy) is 1. The van der Waals surface area contributed by atoms with Crippen molar-refractivity contribution in [2.75, 3.05) is 24.7 Å². The number of hydrogen-bond acceptors (Lipinski definition) is 4. The van der Waals surface area contributed by atoms with Crippen LogP contribution in [0, 0.1) is 5.41 Å². The fourth-order valence-electron chi connectivity index (χ4n) is 2.29. The van der Waals surface area contributed by atoms with Gasteiger partial charge in [0.15, 0.2) is 0 Å². The van der Waals surface area contributed by atoms with Gasteiger partial charge in [-0.15, -0.1) is 0 Å². The van der Waals surface area contributed by atoms with Gasteiger partial charge in [0.1, 0.15) is 9.84 Å². The van der Waals surface area contributed by atoms with Crippen LogP contribution in [0.1, 0.15) is 33.1 Å². The summed E-state index contributed by atoms with van der Waals surface area (Å²) in [5.41, 5.74) is 5.66. The third-order valence-electron chi connectivity index (χ3n) is 3.66. The Morgan fingerprint density at radius 2 is 2.12 bits per heavy atom. The van der Waals surface area contributed by atoms with E-state index in [1.165, 1.54) is 0 Å². The van der Waals surface area contributed by atoms with E-state index in [0.717, 1.165) is 6.42 Å². The van der Waals surface area contributed by atoms with E-state index in [1.807, 2.05) is 13.8 Å². The molecular formula is C11H23NO3S. The van der Waals surface area contributed by atoms with E-state index < -0.39 is 9.84 Å². The second-order valence-electron chi connectivity index (χ2n) is 4.73. The average Bonchev–Trinajstić information content (AvgIpc) is 2.58. The molecular weight excluding hydrogens is 226 g/mol. The molecule has 1 aliphatic rings. The van der Waals surface area contributed by atoms with Crippen molar-refractivity contribution >= 4 is 9.84 Å². The molecule has 0 bridgehead atoms. The molecule has 4 nitrogen and oxygen atoms in total. The summed E-state index contributed by atoms with van der Waals surface area (Å²) in [5, 5.41) is 0. The maximum atomic E-state index is 11.7. The Morgan fingerprint density at radius 3 is 2.56 bits per heavy atom. The summed E-state index contributed by atoms with van der Waals surface area (Å²) < 4.78 is 28.9. The quantitative estimate of drug-likeness (QED) is 0.761. The number of hydrogen-bond donors (Lipinski definition) is 1. The maximum Gasteiger partial charge on any atom is 0.150 e. The molecule has 2 N–H and O–H groups in total. The van der Waals surface area contributed by atoms with Gasteiger partial charge in [0.2, 0.25) is 0 Å². The SMILES string of the molecule is CCCS(=O)(=O)CCC1(CN)CCOC1C. The predicted octanol–water partition coefficient (Wildman–Crippen LogP) is 0.955. The monoisotopic (exact) mass is 249 g/mol. The van der Waals surface area contributed by atoms with Crippen LogP contribution >= 0.6 is 0 Å². The molecule has 0 aromatic carbocycles. The van der Waals surface area contributed by atoms with Gasteiger partial charge in [-0.25, -0.2) is 8.42 Å². The van der Waals surface area contributed by atoms with Crippen molar-refractivity contribution in [1.82, 2.24) is 0 Å². The Bertz CT molecular complexity index is 315. The third kappa shape index (κ3) is 3.18. The maximum absolute atomic E-state index is 11.7. The lowest BCUT2D eigenvalue weighted by molar-refractivity contribution is 0.0658. The number of rotatable bonds is 6. The molecule has 1 fully saturated rings. The summed E-state index contributed by atoms with van der Waals surface area (Å²) in [6.07, 6.45) is 2.28. The van der Waals surface area contributed by atoms with E-state index in [-0.39, 0.29) is 23.0 Å². The molecule has 1 saturated heterocycles. The Kier molecular flexibility index (Phi) is 4.76. The van der Waals surface area contributed by atoms with Crippen molar-refractivity contribution in [3.8, 4) is 0 Å². The molecule has 0 aromatic heterocycles. The highest BCUT2D eigenvalue weighted by atomic mass is 32.2. The predicted molar refractivity (Wildman–Crippen MR) is 65.1 cm³/mol. The summed E-state index contributed by atoms with van der Waals surface area (Å²) in [7, 11) is -2.90. The highest BCUT2D eigenvalue weighted by molar-refractivity contribution is 7.91. The molecule has 0 amide bonds. The second-order valence-corrected chi connectivity index (χ2v) is 7.03. The van der Waals surface area contributed by atoms with Crippen molar-refractivity contribution in [2.24, 2.45) is 11.1 Å². The van der Waals surface area contributed by atoms with Crippen LogP contribution in [0.3, 0.4) is 0 Å². The topological polar surface area (TPSA) is 69.4 Å². The van der Waals surface area contributed by atoms with Gasteiger partial charge in [-0.2, -0.15) is 0 Å². The largest absolute Gasteiger partial charge is 0.378 e. The van der Waals surface area contributed by atoms with Gasteiger partial charge in [-0.05, 0) is 26.2 Å². The molecule has 2 unspecified atom stereocenters. The Morgan fingerprint density at radius 1 is 1.44 bits per heavy atom. The van der Waals surface area contributed by atoms with Crippen LogP contribution < -0.4 is 5.73 Å². The van der Waals surface area contributed by atoms with Crippen LogP contribution in [0.5, 0.6) is 0 Å². The van der Waals surface area contributed by atoms with Gasteiger partial charge >= 0.3 is 0 Å². The molecule has 0 spiro atoms. The molecule has 5 heteroatoms. The van der Waals surface area contributed by atoms with Crippen LogP contribution in [0.15, 0.2) is 0 Å². The van der Waals surface area contributed by atoms with E-state index >= 15 is 0 Å². The van der Waals surface area contributed by atoms with E-state index in [4.69, 9.17) is 10.5 Å². The lowest BCUT2D eigenvalue weighted by atomic mass is 9.79. The molecule has 2 atom stereocenters. The van der Waals surface area contributed by atoms with Crippen molar-refractivity contribution in [3.63, 3.8) is 0 Å². The van der Waals surface area contributed by atoms with Gasteiger partial charge < -0.3 is 10.5 Å². The summed E-state index contributed by atoms with van der Waals surface area (Å²) in [6, 6.07) is 0. The minimum atomic E-state index is -2.90. The van der Waals surface area contributed by atoms with Crippen LogP contribution in [-0.4, -0.2) is 39.2 Å².